The predicted molar refractivity (Wildman–Crippen MR) is 79.9 cm³/mol. The topological polar surface area (TPSA) is 98.7 Å². The van der Waals surface area contributed by atoms with Crippen LogP contribution in [0.3, 0.4) is 0 Å². The van der Waals surface area contributed by atoms with Crippen LogP contribution < -0.4 is 10.6 Å². The Labute approximate surface area is 124 Å². The number of aliphatic hydroxyl groups excluding tert-OH is 2. The van der Waals surface area contributed by atoms with E-state index in [0.29, 0.717) is 11.6 Å². The van der Waals surface area contributed by atoms with E-state index in [4.69, 9.17) is 0 Å². The summed E-state index contributed by atoms with van der Waals surface area (Å²) in [5.74, 6) is -1.22. The number of benzene rings is 1. The third-order valence-electron chi connectivity index (χ3n) is 3.44. The highest BCUT2D eigenvalue weighted by molar-refractivity contribution is 5.98. The van der Waals surface area contributed by atoms with Gasteiger partial charge in [-0.25, -0.2) is 0 Å². The zero-order valence-electron chi connectivity index (χ0n) is 12.5. The summed E-state index contributed by atoms with van der Waals surface area (Å²) in [5.41, 5.74) is 1.65. The second kappa shape index (κ2) is 7.75. The average Bonchev–Trinajstić information content (AvgIpc) is 2.52. The molecule has 6 nitrogen and oxygen atoms in total. The molecule has 1 rings (SSSR count). The van der Waals surface area contributed by atoms with Gasteiger partial charge in [0.2, 0.25) is 0 Å². The molecule has 0 aliphatic heterocycles. The first-order valence-corrected chi connectivity index (χ1v) is 6.89. The fourth-order valence-electron chi connectivity index (χ4n) is 1.78. The van der Waals surface area contributed by atoms with Crippen LogP contribution in [0.25, 0.3) is 0 Å². The second-order valence-electron chi connectivity index (χ2n) is 4.92. The number of nitrogens with one attached hydrogen (secondary N) is 2. The summed E-state index contributed by atoms with van der Waals surface area (Å²) >= 11 is 0. The lowest BCUT2D eigenvalue weighted by Crippen LogP contribution is -2.46. The van der Waals surface area contributed by atoms with Crippen molar-refractivity contribution in [3.63, 3.8) is 0 Å². The monoisotopic (exact) mass is 294 g/mol. The summed E-state index contributed by atoms with van der Waals surface area (Å²) in [6, 6.07) is 7.23. The molecule has 0 saturated carbocycles. The Bertz CT molecular complexity index is 487. The van der Waals surface area contributed by atoms with Crippen LogP contribution in [0.2, 0.25) is 0 Å². The number of carbonyl (C=O) groups excluding carboxylic acids is 2. The first-order valence-electron chi connectivity index (χ1n) is 6.89. The highest BCUT2D eigenvalue weighted by Crippen LogP contribution is 2.20. The van der Waals surface area contributed by atoms with E-state index >= 15 is 0 Å². The van der Waals surface area contributed by atoms with Gasteiger partial charge >= 0.3 is 0 Å². The van der Waals surface area contributed by atoms with E-state index in [2.05, 4.69) is 24.5 Å². The van der Waals surface area contributed by atoms with Crippen LogP contribution >= 0.6 is 0 Å². The van der Waals surface area contributed by atoms with Crippen LogP contribution in [0.15, 0.2) is 24.3 Å². The van der Waals surface area contributed by atoms with Crippen LogP contribution in [-0.2, 0) is 9.59 Å². The standard InChI is InChI=1S/C15H22N2O4/c1-4-9(2)10-5-7-11(8-6-10)17-15(21)13(19)12(18)14(20)16-3/h5-9,12-13,18-19H,4H2,1-3H3,(H,16,20)(H,17,21). The molecule has 0 aliphatic carbocycles. The van der Waals surface area contributed by atoms with Crippen molar-refractivity contribution in [2.45, 2.75) is 38.4 Å². The lowest BCUT2D eigenvalue weighted by Gasteiger charge is -2.16. The van der Waals surface area contributed by atoms with Gasteiger partial charge in [-0.3, -0.25) is 9.59 Å². The van der Waals surface area contributed by atoms with E-state index in [1.165, 1.54) is 7.05 Å². The molecule has 0 radical (unpaired) electrons. The van der Waals surface area contributed by atoms with Crippen LogP contribution in [0, 0.1) is 0 Å². The normalized spacial score (nSPS) is 14.9. The molecule has 0 fully saturated rings. The van der Waals surface area contributed by atoms with Crippen molar-refractivity contribution < 1.29 is 19.8 Å². The van der Waals surface area contributed by atoms with Crippen molar-refractivity contribution in [2.75, 3.05) is 12.4 Å². The van der Waals surface area contributed by atoms with E-state index in [1.807, 2.05) is 12.1 Å². The molecule has 4 N–H and O–H groups in total. The van der Waals surface area contributed by atoms with Gasteiger partial charge in [0, 0.05) is 12.7 Å². The molecule has 3 unspecified atom stereocenters. The number of hydrogen-bond donors (Lipinski definition) is 4. The van der Waals surface area contributed by atoms with Gasteiger partial charge in [0.25, 0.3) is 11.8 Å². The van der Waals surface area contributed by atoms with Crippen molar-refractivity contribution in [3.8, 4) is 0 Å². The third kappa shape index (κ3) is 4.54. The number of aliphatic hydroxyl groups is 2. The zero-order chi connectivity index (χ0) is 16.0. The summed E-state index contributed by atoms with van der Waals surface area (Å²) in [6.45, 7) is 4.20. The molecular formula is C15H22N2O4. The molecule has 3 atom stereocenters. The fraction of sp³-hybridized carbons (Fsp3) is 0.467. The number of hydrogen-bond acceptors (Lipinski definition) is 4. The highest BCUT2D eigenvalue weighted by Gasteiger charge is 2.29. The molecule has 116 valence electrons. The van der Waals surface area contributed by atoms with Crippen LogP contribution in [-0.4, -0.2) is 41.3 Å². The lowest BCUT2D eigenvalue weighted by molar-refractivity contribution is -0.142. The Kier molecular flexibility index (Phi) is 6.33. The Morgan fingerprint density at radius 1 is 1.10 bits per heavy atom. The summed E-state index contributed by atoms with van der Waals surface area (Å²) < 4.78 is 0. The van der Waals surface area contributed by atoms with Crippen LogP contribution in [0.5, 0.6) is 0 Å². The second-order valence-corrected chi connectivity index (χ2v) is 4.92. The summed E-state index contributed by atoms with van der Waals surface area (Å²) in [4.78, 5) is 22.9. The SMILES string of the molecule is CCC(C)c1ccc(NC(=O)C(O)C(O)C(=O)NC)cc1. The van der Waals surface area contributed by atoms with Crippen molar-refractivity contribution in [2.24, 2.45) is 0 Å². The maximum Gasteiger partial charge on any atom is 0.256 e. The van der Waals surface area contributed by atoms with Crippen LogP contribution in [0.4, 0.5) is 5.69 Å². The number of likely N-dealkylation sites (N-methyl/N-ethyl adjacent to an activating group) is 1. The molecule has 0 aliphatic rings. The predicted octanol–water partition coefficient (Wildman–Crippen LogP) is 0.606. The summed E-state index contributed by atoms with van der Waals surface area (Å²) in [5, 5.41) is 23.7. The minimum Gasteiger partial charge on any atom is -0.380 e. The van der Waals surface area contributed by atoms with Crippen molar-refractivity contribution in [1.29, 1.82) is 0 Å². The zero-order valence-corrected chi connectivity index (χ0v) is 12.5. The molecule has 0 heterocycles. The largest absolute Gasteiger partial charge is 0.380 e. The minimum atomic E-state index is -1.82. The number of amides is 2. The van der Waals surface area contributed by atoms with E-state index < -0.39 is 24.0 Å². The maximum absolute atomic E-state index is 11.7. The summed E-state index contributed by atoms with van der Waals surface area (Å²) in [7, 11) is 1.31. The first kappa shape index (κ1) is 17.1. The van der Waals surface area contributed by atoms with Gasteiger partial charge in [-0.1, -0.05) is 26.0 Å². The average molecular weight is 294 g/mol. The smallest absolute Gasteiger partial charge is 0.256 e. The molecule has 21 heavy (non-hydrogen) atoms. The van der Waals surface area contributed by atoms with Crippen molar-refractivity contribution in [3.05, 3.63) is 29.8 Å². The van der Waals surface area contributed by atoms with Gasteiger partial charge in [0.15, 0.2) is 12.2 Å². The molecule has 6 heteroatoms. The van der Waals surface area contributed by atoms with Gasteiger partial charge in [-0.15, -0.1) is 0 Å². The van der Waals surface area contributed by atoms with Gasteiger partial charge in [-0.05, 0) is 30.0 Å². The quantitative estimate of drug-likeness (QED) is 0.617. The fourth-order valence-corrected chi connectivity index (χ4v) is 1.78. The molecule has 0 aromatic heterocycles. The molecule has 2 amide bonds. The molecule has 0 spiro atoms. The Morgan fingerprint density at radius 3 is 2.10 bits per heavy atom. The molecule has 1 aromatic carbocycles. The summed E-state index contributed by atoms with van der Waals surface area (Å²) in [6.07, 6.45) is -2.60. The number of carbonyl (C=O) groups is 2. The third-order valence-corrected chi connectivity index (χ3v) is 3.44. The van der Waals surface area contributed by atoms with Gasteiger partial charge in [0.05, 0.1) is 0 Å². The first-order chi connectivity index (χ1) is 9.90. The van der Waals surface area contributed by atoms with Crippen molar-refractivity contribution in [1.82, 2.24) is 5.32 Å². The van der Waals surface area contributed by atoms with Gasteiger partial charge in [-0.2, -0.15) is 0 Å². The molecule has 0 bridgehead atoms. The number of rotatable bonds is 6. The molecule has 0 saturated heterocycles. The lowest BCUT2D eigenvalue weighted by atomic mass is 9.98. The Hall–Kier alpha value is -1.92. The molecular weight excluding hydrogens is 272 g/mol. The van der Waals surface area contributed by atoms with Crippen molar-refractivity contribution >= 4 is 17.5 Å². The van der Waals surface area contributed by atoms with Gasteiger partial charge in [0.1, 0.15) is 0 Å². The Morgan fingerprint density at radius 2 is 1.62 bits per heavy atom. The highest BCUT2D eigenvalue weighted by atomic mass is 16.3. The van der Waals surface area contributed by atoms with E-state index in [9.17, 15) is 19.8 Å². The van der Waals surface area contributed by atoms with E-state index in [1.54, 1.807) is 12.1 Å². The molecule has 1 aromatic rings. The van der Waals surface area contributed by atoms with Crippen LogP contribution in [0.1, 0.15) is 31.7 Å². The maximum atomic E-state index is 11.7. The number of anilines is 1. The Balaban J connectivity index is 2.68. The van der Waals surface area contributed by atoms with E-state index in [0.717, 1.165) is 12.0 Å². The van der Waals surface area contributed by atoms with E-state index in [-0.39, 0.29) is 0 Å². The minimum absolute atomic E-state index is 0.426. The van der Waals surface area contributed by atoms with Gasteiger partial charge < -0.3 is 20.8 Å².